The summed E-state index contributed by atoms with van der Waals surface area (Å²) < 4.78 is 38.1. The number of likely N-dealkylation sites (N-methyl/N-ethyl adjacent to an activating group) is 2. The molecule has 1 amide bonds. The van der Waals surface area contributed by atoms with Crippen LogP contribution in [-0.4, -0.2) is 69.6 Å². The first-order valence-electron chi connectivity index (χ1n) is 9.85. The van der Waals surface area contributed by atoms with Crippen LogP contribution < -0.4 is 9.80 Å². The minimum absolute atomic E-state index is 0.129. The first kappa shape index (κ1) is 22.5. The average molecular weight is 442 g/mol. The van der Waals surface area contributed by atoms with E-state index in [2.05, 4.69) is 7.05 Å². The van der Waals surface area contributed by atoms with Crippen LogP contribution >= 0.6 is 11.3 Å². The van der Waals surface area contributed by atoms with Crippen molar-refractivity contribution in [3.63, 3.8) is 0 Å². The van der Waals surface area contributed by atoms with Crippen LogP contribution in [-0.2, 0) is 0 Å². The summed E-state index contributed by atoms with van der Waals surface area (Å²) in [6.07, 6.45) is -4.95. The zero-order chi connectivity index (χ0) is 21.9. The molecule has 0 bridgehead atoms. The predicted octanol–water partition coefficient (Wildman–Crippen LogP) is 0.720. The number of amides is 1. The van der Waals surface area contributed by atoms with E-state index in [0.29, 0.717) is 11.3 Å². The highest BCUT2D eigenvalue weighted by molar-refractivity contribution is 7.16. The van der Waals surface area contributed by atoms with Crippen LogP contribution in [0, 0.1) is 0 Å². The summed E-state index contributed by atoms with van der Waals surface area (Å²) in [5.41, 5.74) is 0.982. The van der Waals surface area contributed by atoms with Crippen molar-refractivity contribution in [2.75, 3.05) is 46.8 Å². The molecule has 1 fully saturated rings. The molecule has 1 aromatic carbocycles. The SMILES string of the molecule is CN(C(=O)c1ccc(C(=O)C(F)(F)F)s1)C(C[NH+]1CC[NH+](C)CC1)c1ccccc1. The predicted molar refractivity (Wildman–Crippen MR) is 108 cm³/mol. The number of nitrogens with one attached hydrogen (secondary N) is 2. The number of rotatable bonds is 6. The zero-order valence-corrected chi connectivity index (χ0v) is 17.8. The van der Waals surface area contributed by atoms with Crippen molar-refractivity contribution >= 4 is 23.0 Å². The van der Waals surface area contributed by atoms with Gasteiger partial charge in [0.15, 0.2) is 0 Å². The summed E-state index contributed by atoms with van der Waals surface area (Å²) in [4.78, 5) is 28.7. The molecular formula is C21H26F3N3O2S+2. The smallest absolute Gasteiger partial charge is 0.328 e. The van der Waals surface area contributed by atoms with E-state index >= 15 is 0 Å². The van der Waals surface area contributed by atoms with Gasteiger partial charge in [-0.2, -0.15) is 13.2 Å². The summed E-state index contributed by atoms with van der Waals surface area (Å²) >= 11 is 0.592. The molecular weight excluding hydrogens is 415 g/mol. The number of Topliss-reactive ketones (excluding diaryl/α,β-unsaturated/α-hetero) is 1. The van der Waals surface area contributed by atoms with Gasteiger partial charge in [0.1, 0.15) is 38.8 Å². The van der Waals surface area contributed by atoms with Gasteiger partial charge in [-0.1, -0.05) is 30.3 Å². The highest BCUT2D eigenvalue weighted by atomic mass is 32.1. The van der Waals surface area contributed by atoms with E-state index in [9.17, 15) is 22.8 Å². The highest BCUT2D eigenvalue weighted by Gasteiger charge is 2.40. The summed E-state index contributed by atoms with van der Waals surface area (Å²) in [6.45, 7) is 4.84. The van der Waals surface area contributed by atoms with E-state index in [1.807, 2.05) is 30.3 Å². The van der Waals surface area contributed by atoms with Crippen molar-refractivity contribution < 1.29 is 32.6 Å². The fraction of sp³-hybridized carbons (Fsp3) is 0.429. The number of nitrogens with zero attached hydrogens (tertiary/aromatic N) is 1. The lowest BCUT2D eigenvalue weighted by Crippen LogP contribution is -3.27. The monoisotopic (exact) mass is 441 g/mol. The lowest BCUT2D eigenvalue weighted by Gasteiger charge is -2.34. The number of alkyl halides is 3. The van der Waals surface area contributed by atoms with Crippen molar-refractivity contribution in [3.05, 3.63) is 57.8 Å². The van der Waals surface area contributed by atoms with Crippen LogP contribution in [0.15, 0.2) is 42.5 Å². The second-order valence-electron chi connectivity index (χ2n) is 7.74. The van der Waals surface area contributed by atoms with Gasteiger partial charge in [-0.05, 0) is 17.7 Å². The number of benzene rings is 1. The standard InChI is InChI=1S/C21H24F3N3O2S/c1-25-10-12-27(13-11-25)14-16(15-6-4-3-5-7-15)26(2)20(29)18-9-8-17(30-18)19(28)21(22,23)24/h3-9,16H,10-14H2,1-2H3/p+2. The lowest BCUT2D eigenvalue weighted by molar-refractivity contribution is -1.00. The Morgan fingerprint density at radius 2 is 1.63 bits per heavy atom. The Morgan fingerprint density at radius 3 is 2.23 bits per heavy atom. The van der Waals surface area contributed by atoms with Crippen LogP contribution in [0.5, 0.6) is 0 Å². The fourth-order valence-electron chi connectivity index (χ4n) is 3.69. The number of piperazine rings is 1. The topological polar surface area (TPSA) is 46.3 Å². The summed E-state index contributed by atoms with van der Waals surface area (Å²) in [5.74, 6) is -2.30. The minimum atomic E-state index is -4.95. The van der Waals surface area contributed by atoms with Gasteiger partial charge in [-0.25, -0.2) is 0 Å². The van der Waals surface area contributed by atoms with E-state index in [0.717, 1.165) is 44.4 Å². The molecule has 0 spiro atoms. The second-order valence-corrected chi connectivity index (χ2v) is 8.83. The molecule has 2 N–H and O–H groups in total. The number of halogens is 3. The van der Waals surface area contributed by atoms with Gasteiger partial charge in [0.05, 0.1) is 16.8 Å². The number of carbonyl (C=O) groups excluding carboxylic acids is 2. The molecule has 5 nitrogen and oxygen atoms in total. The van der Waals surface area contributed by atoms with Crippen molar-refractivity contribution in [2.45, 2.75) is 12.2 Å². The third kappa shape index (κ3) is 5.27. The molecule has 1 saturated heterocycles. The summed E-state index contributed by atoms with van der Waals surface area (Å²) in [6, 6.07) is 11.8. The minimum Gasteiger partial charge on any atom is -0.328 e. The molecule has 30 heavy (non-hydrogen) atoms. The Morgan fingerprint density at radius 1 is 1.03 bits per heavy atom. The van der Waals surface area contributed by atoms with Crippen molar-refractivity contribution in [1.29, 1.82) is 0 Å². The van der Waals surface area contributed by atoms with Crippen molar-refractivity contribution in [3.8, 4) is 0 Å². The molecule has 1 atom stereocenters. The number of thiophene rings is 1. The van der Waals surface area contributed by atoms with Crippen molar-refractivity contribution in [2.24, 2.45) is 0 Å². The van der Waals surface area contributed by atoms with Gasteiger partial charge in [0.2, 0.25) is 0 Å². The first-order chi connectivity index (χ1) is 14.2. The number of hydrogen-bond donors (Lipinski definition) is 2. The van der Waals surface area contributed by atoms with E-state index in [4.69, 9.17) is 0 Å². The van der Waals surface area contributed by atoms with E-state index < -0.39 is 16.8 Å². The van der Waals surface area contributed by atoms with Crippen LogP contribution in [0.4, 0.5) is 13.2 Å². The van der Waals surface area contributed by atoms with Gasteiger partial charge >= 0.3 is 6.18 Å². The maximum atomic E-state index is 13.1. The zero-order valence-electron chi connectivity index (χ0n) is 17.0. The molecule has 1 aliphatic heterocycles. The number of quaternary nitrogens is 2. The average Bonchev–Trinajstić information content (AvgIpc) is 3.21. The Hall–Kier alpha value is -2.23. The summed E-state index contributed by atoms with van der Waals surface area (Å²) in [5, 5.41) is 0. The van der Waals surface area contributed by atoms with Gasteiger partial charge in [0.25, 0.3) is 11.7 Å². The molecule has 9 heteroatoms. The Kier molecular flexibility index (Phi) is 6.95. The van der Waals surface area contributed by atoms with Crippen LogP contribution in [0.1, 0.15) is 30.9 Å². The molecule has 0 radical (unpaired) electrons. The fourth-order valence-corrected chi connectivity index (χ4v) is 4.64. The van der Waals surface area contributed by atoms with Gasteiger partial charge in [-0.3, -0.25) is 9.59 Å². The quantitative estimate of drug-likeness (QED) is 0.649. The maximum Gasteiger partial charge on any atom is 0.455 e. The van der Waals surface area contributed by atoms with Crippen LogP contribution in [0.3, 0.4) is 0 Å². The summed E-state index contributed by atoms with van der Waals surface area (Å²) in [7, 11) is 3.84. The molecule has 162 valence electrons. The lowest BCUT2D eigenvalue weighted by atomic mass is 10.0. The third-order valence-corrected chi connectivity index (χ3v) is 6.63. The van der Waals surface area contributed by atoms with E-state index in [1.54, 1.807) is 11.9 Å². The first-order valence-corrected chi connectivity index (χ1v) is 10.7. The third-order valence-electron chi connectivity index (χ3n) is 5.56. The normalized spacial score (nSPS) is 20.6. The Balaban J connectivity index is 1.80. The molecule has 1 unspecified atom stereocenters. The molecule has 2 heterocycles. The molecule has 1 aliphatic rings. The van der Waals surface area contributed by atoms with Crippen molar-refractivity contribution in [1.82, 2.24) is 4.90 Å². The number of hydrogen-bond acceptors (Lipinski definition) is 3. The Bertz CT molecular complexity index is 877. The molecule has 1 aromatic heterocycles. The largest absolute Gasteiger partial charge is 0.455 e. The molecule has 0 saturated carbocycles. The van der Waals surface area contributed by atoms with Gasteiger partial charge in [-0.15, -0.1) is 11.3 Å². The highest BCUT2D eigenvalue weighted by Crippen LogP contribution is 2.28. The van der Waals surface area contributed by atoms with E-state index in [1.165, 1.54) is 15.9 Å². The molecule has 2 aromatic rings. The Labute approximate surface area is 177 Å². The molecule has 3 rings (SSSR count). The van der Waals surface area contributed by atoms with Gasteiger partial charge in [0, 0.05) is 7.05 Å². The van der Waals surface area contributed by atoms with Gasteiger partial charge < -0.3 is 14.7 Å². The van der Waals surface area contributed by atoms with E-state index in [-0.39, 0.29) is 16.8 Å². The maximum absolute atomic E-state index is 13.1. The van der Waals surface area contributed by atoms with Crippen LogP contribution in [0.2, 0.25) is 0 Å². The number of carbonyl (C=O) groups is 2. The van der Waals surface area contributed by atoms with Crippen LogP contribution in [0.25, 0.3) is 0 Å². The molecule has 0 aliphatic carbocycles. The number of ketones is 1. The second kappa shape index (κ2) is 9.28.